The van der Waals surface area contributed by atoms with Crippen molar-refractivity contribution in [3.8, 4) is 11.5 Å². The van der Waals surface area contributed by atoms with E-state index in [9.17, 15) is 20.1 Å². The van der Waals surface area contributed by atoms with Gasteiger partial charge in [0.1, 0.15) is 11.5 Å². The number of aryl methyl sites for hydroxylation is 1. The van der Waals surface area contributed by atoms with Crippen LogP contribution in [0.3, 0.4) is 0 Å². The molecule has 1 unspecified atom stereocenters. The Kier molecular flexibility index (Phi) is 4.38. The molecule has 0 saturated heterocycles. The van der Waals surface area contributed by atoms with Crippen molar-refractivity contribution < 1.29 is 25.2 Å². The van der Waals surface area contributed by atoms with Crippen molar-refractivity contribution in [3.05, 3.63) is 17.7 Å². The van der Waals surface area contributed by atoms with E-state index in [0.29, 0.717) is 12.0 Å². The summed E-state index contributed by atoms with van der Waals surface area (Å²) < 4.78 is 0. The lowest BCUT2D eigenvalue weighted by Gasteiger charge is -2.27. The zero-order valence-electron chi connectivity index (χ0n) is 10.3. The monoisotopic (exact) mass is 255 g/mol. The predicted octanol–water partition coefficient (Wildman–Crippen LogP) is 1.53. The standard InChI is InChI=1S/C12H17NO5/c1-3-8-4-9(15)5-10(16)11(8)13(12(17)18)7(2)6-14/h4-5,7,14-16H,3,6H2,1-2H3,(H,17,18). The molecule has 0 aliphatic carbocycles. The molecule has 0 radical (unpaired) electrons. The third-order valence-electron chi connectivity index (χ3n) is 2.69. The summed E-state index contributed by atoms with van der Waals surface area (Å²) in [7, 11) is 0. The zero-order valence-corrected chi connectivity index (χ0v) is 10.3. The SMILES string of the molecule is CCc1cc(O)cc(O)c1N(C(=O)O)C(C)CO. The fourth-order valence-corrected chi connectivity index (χ4v) is 1.80. The quantitative estimate of drug-likeness (QED) is 0.653. The van der Waals surface area contributed by atoms with Crippen LogP contribution in [0.5, 0.6) is 11.5 Å². The first-order valence-corrected chi connectivity index (χ1v) is 5.60. The third kappa shape index (κ3) is 2.65. The van der Waals surface area contributed by atoms with Crippen molar-refractivity contribution in [1.82, 2.24) is 0 Å². The van der Waals surface area contributed by atoms with Crippen LogP contribution in [0.4, 0.5) is 10.5 Å². The molecule has 1 rings (SSSR count). The molecule has 100 valence electrons. The summed E-state index contributed by atoms with van der Waals surface area (Å²) in [6.45, 7) is 2.94. The van der Waals surface area contributed by atoms with Gasteiger partial charge in [0.25, 0.3) is 0 Å². The second kappa shape index (κ2) is 5.59. The van der Waals surface area contributed by atoms with Crippen LogP contribution in [-0.4, -0.2) is 39.2 Å². The van der Waals surface area contributed by atoms with Gasteiger partial charge in [0.2, 0.25) is 0 Å². The lowest BCUT2D eigenvalue weighted by molar-refractivity contribution is 0.191. The van der Waals surface area contributed by atoms with Crippen molar-refractivity contribution in [1.29, 1.82) is 0 Å². The Morgan fingerprint density at radius 2 is 2.00 bits per heavy atom. The summed E-state index contributed by atoms with van der Waals surface area (Å²) in [6, 6.07) is 1.78. The van der Waals surface area contributed by atoms with E-state index in [1.807, 2.05) is 0 Å². The van der Waals surface area contributed by atoms with Crippen molar-refractivity contribution in [2.75, 3.05) is 11.5 Å². The molecule has 6 heteroatoms. The lowest BCUT2D eigenvalue weighted by atomic mass is 10.1. The molecular formula is C12H17NO5. The number of hydrogen-bond donors (Lipinski definition) is 4. The van der Waals surface area contributed by atoms with Crippen LogP contribution in [0.2, 0.25) is 0 Å². The van der Waals surface area contributed by atoms with Crippen molar-refractivity contribution in [2.45, 2.75) is 26.3 Å². The number of aliphatic hydroxyl groups excluding tert-OH is 1. The van der Waals surface area contributed by atoms with E-state index in [1.54, 1.807) is 6.92 Å². The van der Waals surface area contributed by atoms with Crippen LogP contribution < -0.4 is 4.90 Å². The molecule has 4 N–H and O–H groups in total. The van der Waals surface area contributed by atoms with Crippen molar-refractivity contribution in [2.24, 2.45) is 0 Å². The molecule has 1 aromatic carbocycles. The molecule has 1 aromatic rings. The van der Waals surface area contributed by atoms with Crippen LogP contribution >= 0.6 is 0 Å². The molecular weight excluding hydrogens is 238 g/mol. The number of aliphatic hydroxyl groups is 1. The Morgan fingerprint density at radius 1 is 1.39 bits per heavy atom. The highest BCUT2D eigenvalue weighted by atomic mass is 16.4. The van der Waals surface area contributed by atoms with Gasteiger partial charge in [-0.25, -0.2) is 4.79 Å². The van der Waals surface area contributed by atoms with Crippen LogP contribution in [0.25, 0.3) is 0 Å². The Bertz CT molecular complexity index is 446. The predicted molar refractivity (Wildman–Crippen MR) is 66.2 cm³/mol. The van der Waals surface area contributed by atoms with E-state index in [0.717, 1.165) is 11.0 Å². The summed E-state index contributed by atoms with van der Waals surface area (Å²) in [6.07, 6.45) is -0.827. The number of aromatic hydroxyl groups is 2. The summed E-state index contributed by atoms with van der Waals surface area (Å²) in [5, 5.41) is 37.5. The molecule has 0 fully saturated rings. The average molecular weight is 255 g/mol. The minimum absolute atomic E-state index is 0.101. The summed E-state index contributed by atoms with van der Waals surface area (Å²) >= 11 is 0. The largest absolute Gasteiger partial charge is 0.508 e. The van der Waals surface area contributed by atoms with E-state index >= 15 is 0 Å². The number of carboxylic acid groups (broad SMARTS) is 1. The topological polar surface area (TPSA) is 101 Å². The molecule has 0 saturated carbocycles. The van der Waals surface area contributed by atoms with Crippen LogP contribution in [0.1, 0.15) is 19.4 Å². The molecule has 0 spiro atoms. The highest BCUT2D eigenvalue weighted by Gasteiger charge is 2.26. The number of phenolic OH excluding ortho intramolecular Hbond substituents is 2. The van der Waals surface area contributed by atoms with E-state index < -0.39 is 12.1 Å². The van der Waals surface area contributed by atoms with Gasteiger partial charge in [-0.1, -0.05) is 6.92 Å². The van der Waals surface area contributed by atoms with Crippen LogP contribution in [0, 0.1) is 0 Å². The number of phenols is 2. The Morgan fingerprint density at radius 3 is 2.44 bits per heavy atom. The molecule has 6 nitrogen and oxygen atoms in total. The Labute approximate surface area is 105 Å². The maximum Gasteiger partial charge on any atom is 0.412 e. The first-order chi connectivity index (χ1) is 8.42. The second-order valence-corrected chi connectivity index (χ2v) is 4.01. The van der Waals surface area contributed by atoms with Crippen LogP contribution in [0.15, 0.2) is 12.1 Å². The van der Waals surface area contributed by atoms with Gasteiger partial charge in [0.15, 0.2) is 0 Å². The van der Waals surface area contributed by atoms with Gasteiger partial charge in [-0.3, -0.25) is 4.90 Å². The minimum atomic E-state index is -1.27. The van der Waals surface area contributed by atoms with E-state index in [1.165, 1.54) is 13.0 Å². The zero-order chi connectivity index (χ0) is 13.9. The average Bonchev–Trinajstić information content (AvgIpc) is 2.30. The van der Waals surface area contributed by atoms with E-state index in [-0.39, 0.29) is 23.8 Å². The number of benzene rings is 1. The van der Waals surface area contributed by atoms with Gasteiger partial charge in [-0.15, -0.1) is 0 Å². The lowest BCUT2D eigenvalue weighted by Crippen LogP contribution is -2.40. The number of rotatable bonds is 4. The highest BCUT2D eigenvalue weighted by molar-refractivity contribution is 5.90. The van der Waals surface area contributed by atoms with Crippen LogP contribution in [-0.2, 0) is 6.42 Å². The minimum Gasteiger partial charge on any atom is -0.508 e. The van der Waals surface area contributed by atoms with E-state index in [4.69, 9.17) is 5.11 Å². The number of nitrogens with zero attached hydrogens (tertiary/aromatic N) is 1. The van der Waals surface area contributed by atoms with Gasteiger partial charge < -0.3 is 20.4 Å². The molecule has 0 aromatic heterocycles. The third-order valence-corrected chi connectivity index (χ3v) is 2.69. The molecule has 0 aliphatic rings. The summed E-state index contributed by atoms with van der Waals surface area (Å²) in [5.41, 5.74) is 0.597. The second-order valence-electron chi connectivity index (χ2n) is 4.01. The smallest absolute Gasteiger partial charge is 0.412 e. The number of anilines is 1. The molecule has 1 atom stereocenters. The maximum absolute atomic E-state index is 11.2. The fourth-order valence-electron chi connectivity index (χ4n) is 1.80. The Hall–Kier alpha value is -1.95. The number of hydrogen-bond acceptors (Lipinski definition) is 4. The first kappa shape index (κ1) is 14.1. The first-order valence-electron chi connectivity index (χ1n) is 5.60. The van der Waals surface area contributed by atoms with Gasteiger partial charge in [0, 0.05) is 6.07 Å². The van der Waals surface area contributed by atoms with Crippen molar-refractivity contribution >= 4 is 11.8 Å². The van der Waals surface area contributed by atoms with Gasteiger partial charge >= 0.3 is 6.09 Å². The summed E-state index contributed by atoms with van der Waals surface area (Å²) in [5.74, 6) is -0.454. The van der Waals surface area contributed by atoms with Gasteiger partial charge in [0.05, 0.1) is 18.3 Å². The molecule has 18 heavy (non-hydrogen) atoms. The highest BCUT2D eigenvalue weighted by Crippen LogP contribution is 2.36. The molecule has 0 heterocycles. The Balaban J connectivity index is 3.40. The van der Waals surface area contributed by atoms with Gasteiger partial charge in [-0.05, 0) is 25.0 Å². The van der Waals surface area contributed by atoms with Crippen molar-refractivity contribution in [3.63, 3.8) is 0 Å². The van der Waals surface area contributed by atoms with E-state index in [2.05, 4.69) is 0 Å². The molecule has 0 bridgehead atoms. The number of carbonyl (C=O) groups is 1. The molecule has 0 aliphatic heterocycles. The van der Waals surface area contributed by atoms with Gasteiger partial charge in [-0.2, -0.15) is 0 Å². The number of amides is 1. The summed E-state index contributed by atoms with van der Waals surface area (Å²) in [4.78, 5) is 12.1. The molecule has 1 amide bonds. The normalized spacial score (nSPS) is 12.2. The maximum atomic E-state index is 11.2. The fraction of sp³-hybridized carbons (Fsp3) is 0.417.